The Morgan fingerprint density at radius 1 is 1.28 bits per heavy atom. The van der Waals surface area contributed by atoms with E-state index in [1.807, 2.05) is 46.8 Å². The number of H-pyrrole nitrogens is 1. The minimum Gasteiger partial charge on any atom is -0.490 e. The number of aromatic nitrogens is 3. The van der Waals surface area contributed by atoms with Crippen molar-refractivity contribution in [1.29, 1.82) is 0 Å². The fourth-order valence-electron chi connectivity index (χ4n) is 2.59. The molecule has 0 saturated carbocycles. The molecular formula is C19H28BrN5O3S. The van der Waals surface area contributed by atoms with Crippen molar-refractivity contribution in [2.24, 2.45) is 0 Å². The SMILES string of the molecule is CCOc1cc(CNn2c(CC)n[nH]c2=S)c(Br)cc1OCC(=O)NC(C)(C)C. The Hall–Kier alpha value is -2.07. The number of amides is 1. The van der Waals surface area contributed by atoms with Crippen LogP contribution in [0.25, 0.3) is 0 Å². The first-order chi connectivity index (χ1) is 13.6. The predicted molar refractivity (Wildman–Crippen MR) is 119 cm³/mol. The maximum absolute atomic E-state index is 12.1. The summed E-state index contributed by atoms with van der Waals surface area (Å²) in [5, 5.41) is 9.84. The van der Waals surface area contributed by atoms with Gasteiger partial charge in [0.25, 0.3) is 5.91 Å². The summed E-state index contributed by atoms with van der Waals surface area (Å²) in [6, 6.07) is 3.69. The molecule has 160 valence electrons. The lowest BCUT2D eigenvalue weighted by Crippen LogP contribution is -2.43. The number of benzene rings is 1. The van der Waals surface area contributed by atoms with E-state index < -0.39 is 0 Å². The van der Waals surface area contributed by atoms with Gasteiger partial charge < -0.3 is 20.2 Å². The van der Waals surface area contributed by atoms with Crippen LogP contribution in [0.15, 0.2) is 16.6 Å². The first kappa shape index (κ1) is 23.2. The molecule has 1 aromatic carbocycles. The second kappa shape index (κ2) is 10.1. The summed E-state index contributed by atoms with van der Waals surface area (Å²) in [4.78, 5) is 12.1. The van der Waals surface area contributed by atoms with Gasteiger partial charge in [-0.1, -0.05) is 22.9 Å². The van der Waals surface area contributed by atoms with E-state index in [0.29, 0.717) is 29.4 Å². The van der Waals surface area contributed by atoms with Gasteiger partial charge in [0, 0.05) is 16.4 Å². The standard InChI is InChI=1S/C19H28BrN5O3S/c1-6-16-23-24-18(29)25(16)21-10-12-8-14(27-7-2)15(9-13(12)20)28-11-17(26)22-19(3,4)5/h8-9,21H,6-7,10-11H2,1-5H3,(H,22,26)(H,24,29). The lowest BCUT2D eigenvalue weighted by Gasteiger charge is -2.21. The van der Waals surface area contributed by atoms with Crippen LogP contribution >= 0.6 is 28.1 Å². The molecule has 8 nitrogen and oxygen atoms in total. The maximum Gasteiger partial charge on any atom is 0.258 e. The number of nitrogens with zero attached hydrogens (tertiary/aromatic N) is 2. The van der Waals surface area contributed by atoms with Gasteiger partial charge in [0.2, 0.25) is 4.77 Å². The second-order valence-corrected chi connectivity index (χ2v) is 8.62. The summed E-state index contributed by atoms with van der Waals surface area (Å²) in [6.45, 7) is 10.5. The molecule has 0 atom stereocenters. The third-order valence-electron chi connectivity index (χ3n) is 3.77. The van der Waals surface area contributed by atoms with E-state index in [9.17, 15) is 4.79 Å². The van der Waals surface area contributed by atoms with E-state index >= 15 is 0 Å². The van der Waals surface area contributed by atoms with Gasteiger partial charge in [-0.05, 0) is 57.6 Å². The topological polar surface area (TPSA) is 93.2 Å². The third kappa shape index (κ3) is 6.74. The van der Waals surface area contributed by atoms with E-state index in [1.165, 1.54) is 0 Å². The van der Waals surface area contributed by atoms with Crippen LogP contribution in [-0.4, -0.2) is 39.5 Å². The molecule has 0 bridgehead atoms. The first-order valence-corrected chi connectivity index (χ1v) is 10.6. The number of aromatic amines is 1. The molecule has 0 spiro atoms. The van der Waals surface area contributed by atoms with Crippen LogP contribution in [0.4, 0.5) is 0 Å². The highest BCUT2D eigenvalue weighted by atomic mass is 79.9. The smallest absolute Gasteiger partial charge is 0.258 e. The van der Waals surface area contributed by atoms with Gasteiger partial charge >= 0.3 is 0 Å². The van der Waals surface area contributed by atoms with Crippen LogP contribution in [0.2, 0.25) is 0 Å². The number of carbonyl (C=O) groups is 1. The average molecular weight is 486 g/mol. The molecule has 2 aromatic rings. The fourth-order valence-corrected chi connectivity index (χ4v) is 3.26. The molecule has 2 rings (SSSR count). The average Bonchev–Trinajstić information content (AvgIpc) is 2.99. The molecule has 29 heavy (non-hydrogen) atoms. The number of aryl methyl sites for hydroxylation is 1. The molecule has 0 fully saturated rings. The van der Waals surface area contributed by atoms with E-state index in [2.05, 4.69) is 36.9 Å². The molecule has 3 N–H and O–H groups in total. The highest BCUT2D eigenvalue weighted by Crippen LogP contribution is 2.34. The highest BCUT2D eigenvalue weighted by molar-refractivity contribution is 9.10. The van der Waals surface area contributed by atoms with Crippen molar-refractivity contribution >= 4 is 34.1 Å². The van der Waals surface area contributed by atoms with Crippen LogP contribution in [0.1, 0.15) is 46.0 Å². The van der Waals surface area contributed by atoms with Crippen LogP contribution in [0, 0.1) is 4.77 Å². The van der Waals surface area contributed by atoms with Crippen molar-refractivity contribution in [2.45, 2.75) is 53.1 Å². The molecule has 1 heterocycles. The largest absolute Gasteiger partial charge is 0.490 e. The predicted octanol–water partition coefficient (Wildman–Crippen LogP) is 3.70. The van der Waals surface area contributed by atoms with E-state index in [4.69, 9.17) is 21.7 Å². The number of ether oxygens (including phenoxy) is 2. The quantitative estimate of drug-likeness (QED) is 0.468. The molecule has 10 heteroatoms. The van der Waals surface area contributed by atoms with Crippen LogP contribution in [0.5, 0.6) is 11.5 Å². The Morgan fingerprint density at radius 2 is 1.97 bits per heavy atom. The van der Waals surface area contributed by atoms with Crippen molar-refractivity contribution in [3.8, 4) is 11.5 Å². The van der Waals surface area contributed by atoms with E-state index in [1.54, 1.807) is 4.68 Å². The minimum atomic E-state index is -0.315. The molecule has 1 aromatic heterocycles. The van der Waals surface area contributed by atoms with E-state index in [0.717, 1.165) is 22.3 Å². The number of hydrogen-bond acceptors (Lipinski definition) is 6. The van der Waals surface area contributed by atoms with Crippen LogP contribution in [0.3, 0.4) is 0 Å². The molecule has 0 aliphatic carbocycles. The van der Waals surface area contributed by atoms with Crippen molar-refractivity contribution < 1.29 is 14.3 Å². The monoisotopic (exact) mass is 485 g/mol. The first-order valence-electron chi connectivity index (χ1n) is 9.43. The van der Waals surface area contributed by atoms with Crippen LogP contribution < -0.4 is 20.2 Å². The molecule has 0 radical (unpaired) electrons. The third-order valence-corrected chi connectivity index (χ3v) is 4.78. The van der Waals surface area contributed by atoms with Crippen molar-refractivity contribution in [3.63, 3.8) is 0 Å². The molecule has 0 saturated heterocycles. The second-order valence-electron chi connectivity index (χ2n) is 7.38. The summed E-state index contributed by atoms with van der Waals surface area (Å²) < 4.78 is 14.5. The van der Waals surface area contributed by atoms with Gasteiger partial charge in [0.15, 0.2) is 23.9 Å². The Balaban J connectivity index is 2.15. The van der Waals surface area contributed by atoms with Crippen LogP contribution in [-0.2, 0) is 17.8 Å². The minimum absolute atomic E-state index is 0.0918. The molecule has 0 aliphatic heterocycles. The zero-order valence-corrected chi connectivity index (χ0v) is 19.8. The lowest BCUT2D eigenvalue weighted by atomic mass is 10.1. The van der Waals surface area contributed by atoms with Gasteiger partial charge in [0.05, 0.1) is 13.2 Å². The number of rotatable bonds is 9. The van der Waals surface area contributed by atoms with Gasteiger partial charge in [0.1, 0.15) is 0 Å². The molecule has 1 amide bonds. The number of carbonyl (C=O) groups excluding carboxylic acids is 1. The van der Waals surface area contributed by atoms with Crippen molar-refractivity contribution in [3.05, 3.63) is 32.8 Å². The summed E-state index contributed by atoms with van der Waals surface area (Å²) in [5.41, 5.74) is 3.90. The highest BCUT2D eigenvalue weighted by Gasteiger charge is 2.16. The summed E-state index contributed by atoms with van der Waals surface area (Å²) >= 11 is 8.83. The summed E-state index contributed by atoms with van der Waals surface area (Å²) in [7, 11) is 0. The van der Waals surface area contributed by atoms with Gasteiger partial charge in [-0.2, -0.15) is 5.10 Å². The lowest BCUT2D eigenvalue weighted by molar-refractivity contribution is -0.124. The Kier molecular flexibility index (Phi) is 8.09. The Morgan fingerprint density at radius 3 is 2.59 bits per heavy atom. The van der Waals surface area contributed by atoms with Gasteiger partial charge in [-0.25, -0.2) is 4.68 Å². The normalized spacial score (nSPS) is 11.2. The van der Waals surface area contributed by atoms with Gasteiger partial charge in [-0.15, -0.1) is 0 Å². The molecular weight excluding hydrogens is 458 g/mol. The Labute approximate surface area is 184 Å². The number of nitrogens with one attached hydrogen (secondary N) is 3. The van der Waals surface area contributed by atoms with Crippen molar-refractivity contribution in [1.82, 2.24) is 20.2 Å². The molecule has 0 unspecified atom stereocenters. The number of hydrogen-bond donors (Lipinski definition) is 3. The van der Waals surface area contributed by atoms with Gasteiger partial charge in [-0.3, -0.25) is 9.89 Å². The summed E-state index contributed by atoms with van der Waals surface area (Å²) in [6.07, 6.45) is 0.745. The molecule has 0 aliphatic rings. The summed E-state index contributed by atoms with van der Waals surface area (Å²) in [5.74, 6) is 1.70. The zero-order valence-electron chi connectivity index (χ0n) is 17.4. The van der Waals surface area contributed by atoms with Crippen molar-refractivity contribution in [2.75, 3.05) is 18.6 Å². The Bertz CT molecular complexity index is 904. The zero-order chi connectivity index (χ0) is 21.6. The number of halogens is 1. The maximum atomic E-state index is 12.1. The fraction of sp³-hybridized carbons (Fsp3) is 0.526. The van der Waals surface area contributed by atoms with E-state index in [-0.39, 0.29) is 18.1 Å².